The Morgan fingerprint density at radius 3 is 2.39 bits per heavy atom. The molecule has 0 heterocycles. The van der Waals surface area contributed by atoms with Gasteiger partial charge in [-0.05, 0) is 33.3 Å². The van der Waals surface area contributed by atoms with Crippen LogP contribution in [0.4, 0.5) is 0 Å². The lowest BCUT2D eigenvalue weighted by Gasteiger charge is -2.23. The van der Waals surface area contributed by atoms with Crippen molar-refractivity contribution in [3.63, 3.8) is 0 Å². The Kier molecular flexibility index (Phi) is 5.79. The highest BCUT2D eigenvalue weighted by molar-refractivity contribution is 5.17. The van der Waals surface area contributed by atoms with Crippen molar-refractivity contribution >= 4 is 0 Å². The van der Waals surface area contributed by atoms with Gasteiger partial charge in [-0.1, -0.05) is 30.3 Å². The maximum Gasteiger partial charge on any atom is 0.0898 e. The van der Waals surface area contributed by atoms with E-state index in [0.717, 1.165) is 0 Å². The topological polar surface area (TPSA) is 41.5 Å². The number of nitrogens with one attached hydrogen (secondary N) is 1. The predicted molar refractivity (Wildman–Crippen MR) is 74.6 cm³/mol. The highest BCUT2D eigenvalue weighted by Gasteiger charge is 2.14. The van der Waals surface area contributed by atoms with E-state index in [1.165, 1.54) is 5.56 Å². The van der Waals surface area contributed by atoms with Crippen molar-refractivity contribution in [2.45, 2.75) is 45.4 Å². The second kappa shape index (κ2) is 6.88. The van der Waals surface area contributed by atoms with Gasteiger partial charge in [0.15, 0.2) is 0 Å². The standard InChI is InChI=1S/C15H25NO2/c1-12(13-8-6-5-7-9-13)16-10-14(17)11-18-15(2,3)4/h5-9,12,14,16-17H,10-11H2,1-4H3/t12-,14-/m1/s1. The molecular weight excluding hydrogens is 226 g/mol. The molecule has 1 aromatic carbocycles. The molecule has 3 heteroatoms. The zero-order valence-electron chi connectivity index (χ0n) is 11.8. The van der Waals surface area contributed by atoms with Gasteiger partial charge in [0.25, 0.3) is 0 Å². The first kappa shape index (κ1) is 15.2. The quantitative estimate of drug-likeness (QED) is 0.816. The van der Waals surface area contributed by atoms with E-state index in [2.05, 4.69) is 24.4 Å². The molecule has 0 bridgehead atoms. The number of hydrogen-bond acceptors (Lipinski definition) is 3. The van der Waals surface area contributed by atoms with Crippen LogP contribution in [0.15, 0.2) is 30.3 Å². The average molecular weight is 251 g/mol. The Labute approximate surface area is 110 Å². The minimum Gasteiger partial charge on any atom is -0.389 e. The molecule has 0 amide bonds. The lowest BCUT2D eigenvalue weighted by molar-refractivity contribution is -0.0482. The molecule has 0 unspecified atom stereocenters. The Balaban J connectivity index is 2.28. The zero-order valence-corrected chi connectivity index (χ0v) is 11.8. The summed E-state index contributed by atoms with van der Waals surface area (Å²) in [5.41, 5.74) is 1.02. The van der Waals surface area contributed by atoms with Crippen molar-refractivity contribution in [3.8, 4) is 0 Å². The largest absolute Gasteiger partial charge is 0.389 e. The van der Waals surface area contributed by atoms with Crippen LogP contribution in [0.3, 0.4) is 0 Å². The van der Waals surface area contributed by atoms with Gasteiger partial charge < -0.3 is 15.2 Å². The lowest BCUT2D eigenvalue weighted by atomic mass is 10.1. The second-order valence-electron chi connectivity index (χ2n) is 5.62. The highest BCUT2D eigenvalue weighted by atomic mass is 16.5. The molecule has 0 radical (unpaired) electrons. The monoisotopic (exact) mass is 251 g/mol. The molecule has 0 aliphatic rings. The highest BCUT2D eigenvalue weighted by Crippen LogP contribution is 2.11. The molecule has 2 N–H and O–H groups in total. The van der Waals surface area contributed by atoms with Gasteiger partial charge in [-0.15, -0.1) is 0 Å². The van der Waals surface area contributed by atoms with Gasteiger partial charge in [-0.3, -0.25) is 0 Å². The van der Waals surface area contributed by atoms with Gasteiger partial charge in [0, 0.05) is 12.6 Å². The zero-order chi connectivity index (χ0) is 13.6. The van der Waals surface area contributed by atoms with E-state index in [1.807, 2.05) is 39.0 Å². The third kappa shape index (κ3) is 6.15. The van der Waals surface area contributed by atoms with Gasteiger partial charge in [-0.2, -0.15) is 0 Å². The summed E-state index contributed by atoms with van der Waals surface area (Å²) < 4.78 is 5.54. The minimum atomic E-state index is -0.476. The van der Waals surface area contributed by atoms with Crippen LogP contribution in [0, 0.1) is 0 Å². The SMILES string of the molecule is C[C@@H](NC[C@@H](O)COC(C)(C)C)c1ccccc1. The Morgan fingerprint density at radius 1 is 1.22 bits per heavy atom. The molecule has 0 spiro atoms. The summed E-state index contributed by atoms with van der Waals surface area (Å²) in [4.78, 5) is 0. The maximum atomic E-state index is 9.82. The van der Waals surface area contributed by atoms with Gasteiger partial charge in [0.05, 0.1) is 18.3 Å². The van der Waals surface area contributed by atoms with Gasteiger partial charge in [0.1, 0.15) is 0 Å². The fraction of sp³-hybridized carbons (Fsp3) is 0.600. The minimum absolute atomic E-state index is 0.202. The van der Waals surface area contributed by atoms with Crippen LogP contribution >= 0.6 is 0 Å². The van der Waals surface area contributed by atoms with Crippen LogP contribution in [-0.2, 0) is 4.74 Å². The molecule has 0 fully saturated rings. The summed E-state index contributed by atoms with van der Waals surface area (Å²) in [7, 11) is 0. The molecule has 3 nitrogen and oxygen atoms in total. The summed E-state index contributed by atoms with van der Waals surface area (Å²) in [6.07, 6.45) is -0.476. The van der Waals surface area contributed by atoms with Crippen molar-refractivity contribution < 1.29 is 9.84 Å². The van der Waals surface area contributed by atoms with Crippen molar-refractivity contribution in [2.24, 2.45) is 0 Å². The number of rotatable bonds is 6. The Bertz CT molecular complexity index is 332. The van der Waals surface area contributed by atoms with Crippen molar-refractivity contribution in [3.05, 3.63) is 35.9 Å². The molecule has 18 heavy (non-hydrogen) atoms. The molecule has 1 aromatic rings. The van der Waals surface area contributed by atoms with Crippen LogP contribution < -0.4 is 5.32 Å². The fourth-order valence-corrected chi connectivity index (χ4v) is 1.58. The van der Waals surface area contributed by atoms with E-state index in [4.69, 9.17) is 4.74 Å². The Morgan fingerprint density at radius 2 is 1.83 bits per heavy atom. The molecule has 102 valence electrons. The van der Waals surface area contributed by atoms with Gasteiger partial charge in [0.2, 0.25) is 0 Å². The molecule has 0 aromatic heterocycles. The van der Waals surface area contributed by atoms with Crippen molar-refractivity contribution in [1.82, 2.24) is 5.32 Å². The molecule has 0 aliphatic carbocycles. The van der Waals surface area contributed by atoms with Crippen LogP contribution in [0.2, 0.25) is 0 Å². The summed E-state index contributed by atoms with van der Waals surface area (Å²) in [6.45, 7) is 8.94. The number of hydrogen-bond donors (Lipinski definition) is 2. The number of ether oxygens (including phenoxy) is 1. The van der Waals surface area contributed by atoms with Crippen LogP contribution in [0.1, 0.15) is 39.3 Å². The van der Waals surface area contributed by atoms with Crippen LogP contribution in [0.25, 0.3) is 0 Å². The number of aliphatic hydroxyl groups is 1. The van der Waals surface area contributed by atoms with E-state index in [0.29, 0.717) is 13.2 Å². The van der Waals surface area contributed by atoms with Gasteiger partial charge >= 0.3 is 0 Å². The number of aliphatic hydroxyl groups excluding tert-OH is 1. The Hall–Kier alpha value is -0.900. The van der Waals surface area contributed by atoms with Crippen molar-refractivity contribution in [1.29, 1.82) is 0 Å². The predicted octanol–water partition coefficient (Wildman–Crippen LogP) is 2.51. The van der Waals surface area contributed by atoms with Crippen LogP contribution in [-0.4, -0.2) is 30.0 Å². The second-order valence-corrected chi connectivity index (χ2v) is 5.62. The van der Waals surface area contributed by atoms with Crippen LogP contribution in [0.5, 0.6) is 0 Å². The molecule has 0 aliphatic heterocycles. The molecule has 0 saturated carbocycles. The van der Waals surface area contributed by atoms with E-state index >= 15 is 0 Å². The summed E-state index contributed by atoms with van der Waals surface area (Å²) in [5, 5.41) is 13.1. The molecular formula is C15H25NO2. The third-order valence-electron chi connectivity index (χ3n) is 2.67. The van der Waals surface area contributed by atoms with Gasteiger partial charge in [-0.25, -0.2) is 0 Å². The number of benzene rings is 1. The third-order valence-corrected chi connectivity index (χ3v) is 2.67. The first-order chi connectivity index (χ1) is 8.38. The molecule has 1 rings (SSSR count). The van der Waals surface area contributed by atoms with E-state index < -0.39 is 6.10 Å². The lowest BCUT2D eigenvalue weighted by Crippen LogP contribution is -2.34. The first-order valence-electron chi connectivity index (χ1n) is 6.49. The summed E-state index contributed by atoms with van der Waals surface area (Å²) in [5.74, 6) is 0. The smallest absolute Gasteiger partial charge is 0.0898 e. The van der Waals surface area contributed by atoms with E-state index in [9.17, 15) is 5.11 Å². The fourth-order valence-electron chi connectivity index (χ4n) is 1.58. The summed E-state index contributed by atoms with van der Waals surface area (Å²) >= 11 is 0. The molecule has 0 saturated heterocycles. The first-order valence-corrected chi connectivity index (χ1v) is 6.49. The van der Waals surface area contributed by atoms with E-state index in [-0.39, 0.29) is 11.6 Å². The molecule has 2 atom stereocenters. The average Bonchev–Trinajstić information content (AvgIpc) is 2.33. The maximum absolute atomic E-state index is 9.82. The summed E-state index contributed by atoms with van der Waals surface area (Å²) in [6, 6.07) is 10.4. The normalized spacial score (nSPS) is 15.4. The van der Waals surface area contributed by atoms with Crippen molar-refractivity contribution in [2.75, 3.05) is 13.2 Å². The van der Waals surface area contributed by atoms with E-state index in [1.54, 1.807) is 0 Å².